The number of nitrogens with one attached hydrogen (secondary N) is 1. The Labute approximate surface area is 39.5 Å². The first-order chi connectivity index (χ1) is 2.89. The van der Waals surface area contributed by atoms with E-state index >= 15 is 0 Å². The van der Waals surface area contributed by atoms with Crippen molar-refractivity contribution in [2.75, 3.05) is 6.54 Å². The van der Waals surface area contributed by atoms with Gasteiger partial charge in [-0.3, -0.25) is 0 Å². The molecule has 1 aliphatic rings. The van der Waals surface area contributed by atoms with Gasteiger partial charge in [0.15, 0.2) is 0 Å². The van der Waals surface area contributed by atoms with E-state index in [4.69, 9.17) is 0 Å². The Morgan fingerprint density at radius 3 is 2.67 bits per heavy atom. The molecule has 0 aliphatic carbocycles. The lowest BCUT2D eigenvalue weighted by molar-refractivity contribution is 0.794. The smallest absolute Gasteiger partial charge is 0.123 e. The van der Waals surface area contributed by atoms with Gasteiger partial charge < -0.3 is 5.32 Å². The zero-order valence-electron chi connectivity index (χ0n) is 4.20. The molecule has 0 aromatic heterocycles. The van der Waals surface area contributed by atoms with Gasteiger partial charge in [0.2, 0.25) is 0 Å². The van der Waals surface area contributed by atoms with Gasteiger partial charge in [-0.2, -0.15) is 0 Å². The first kappa shape index (κ1) is 4.19. The first-order valence-electron chi connectivity index (χ1n) is 2.63. The van der Waals surface area contributed by atoms with Gasteiger partial charge in [-0.05, 0) is 25.3 Å². The molecular weight excluding hydrogens is 72.9 g/mol. The van der Waals surface area contributed by atoms with E-state index in [2.05, 4.69) is 13.2 Å². The minimum Gasteiger partial charge on any atom is -0.322 e. The Bertz CT molecular complexity index is 40.8. The highest BCUT2D eigenvalue weighted by Gasteiger charge is 2.05. The van der Waals surface area contributed by atoms with Gasteiger partial charge >= 0.3 is 0 Å². The van der Waals surface area contributed by atoms with E-state index in [0.29, 0.717) is 0 Å². The molecule has 0 aromatic rings. The van der Waals surface area contributed by atoms with Crippen LogP contribution in [0.4, 0.5) is 0 Å². The summed E-state index contributed by atoms with van der Waals surface area (Å²) in [5, 5.41) is 3.32. The van der Waals surface area contributed by atoms with Crippen molar-refractivity contribution in [3.8, 4) is 0 Å². The van der Waals surface area contributed by atoms with Crippen LogP contribution in [0, 0.1) is 0 Å². The molecule has 0 radical (unpaired) electrons. The fourth-order valence-corrected chi connectivity index (χ4v) is 0.859. The van der Waals surface area contributed by atoms with Crippen molar-refractivity contribution in [3.05, 3.63) is 0 Å². The molecule has 6 heavy (non-hydrogen) atoms. The van der Waals surface area contributed by atoms with Crippen LogP contribution < -0.4 is 5.32 Å². The van der Waals surface area contributed by atoms with Gasteiger partial charge in [0, 0.05) is 0 Å². The molecule has 1 unspecified atom stereocenters. The van der Waals surface area contributed by atoms with Crippen LogP contribution in [0.15, 0.2) is 0 Å². The standard InChI is InChI=1S/C4H10BN/c5-4-2-1-3-6-4/h4,6H,1-3,5H2. The highest BCUT2D eigenvalue weighted by molar-refractivity contribution is 6.11. The predicted molar refractivity (Wildman–Crippen MR) is 29.6 cm³/mol. The number of rotatable bonds is 0. The maximum Gasteiger partial charge on any atom is 0.123 e. The lowest BCUT2D eigenvalue weighted by Crippen LogP contribution is -2.20. The Kier molecular flexibility index (Phi) is 1.15. The van der Waals surface area contributed by atoms with Gasteiger partial charge in [-0.1, -0.05) is 0 Å². The van der Waals surface area contributed by atoms with Crippen molar-refractivity contribution in [3.63, 3.8) is 0 Å². The van der Waals surface area contributed by atoms with Gasteiger partial charge in [0.1, 0.15) is 7.85 Å². The van der Waals surface area contributed by atoms with E-state index in [-0.39, 0.29) is 0 Å². The maximum atomic E-state index is 3.32. The first-order valence-corrected chi connectivity index (χ1v) is 2.63. The van der Waals surface area contributed by atoms with Crippen LogP contribution in [0.5, 0.6) is 0 Å². The second kappa shape index (κ2) is 1.65. The van der Waals surface area contributed by atoms with E-state index in [9.17, 15) is 0 Å². The molecule has 34 valence electrons. The summed E-state index contributed by atoms with van der Waals surface area (Å²) in [7, 11) is 2.23. The highest BCUT2D eigenvalue weighted by atomic mass is 14.9. The molecule has 0 spiro atoms. The summed E-state index contributed by atoms with van der Waals surface area (Å²) >= 11 is 0. The second-order valence-corrected chi connectivity index (χ2v) is 2.00. The van der Waals surface area contributed by atoms with Gasteiger partial charge in [0.05, 0.1) is 0 Å². The molecule has 1 nitrogen and oxygen atoms in total. The maximum absolute atomic E-state index is 3.32. The highest BCUT2D eigenvalue weighted by Crippen LogP contribution is 1.98. The van der Waals surface area contributed by atoms with Crippen LogP contribution in [-0.2, 0) is 0 Å². The molecule has 1 aliphatic heterocycles. The van der Waals surface area contributed by atoms with Crippen molar-refractivity contribution in [1.82, 2.24) is 5.32 Å². The number of hydrogen-bond acceptors (Lipinski definition) is 1. The molecule has 1 heterocycles. The van der Waals surface area contributed by atoms with Crippen LogP contribution in [0.25, 0.3) is 0 Å². The van der Waals surface area contributed by atoms with E-state index in [1.54, 1.807) is 0 Å². The van der Waals surface area contributed by atoms with E-state index in [1.165, 1.54) is 19.4 Å². The lowest BCUT2D eigenvalue weighted by atomic mass is 9.96. The fourth-order valence-electron chi connectivity index (χ4n) is 0.859. The van der Waals surface area contributed by atoms with Gasteiger partial charge in [-0.25, -0.2) is 0 Å². The minimum absolute atomic E-state index is 0.796. The normalized spacial score (nSPS) is 34.3. The second-order valence-electron chi connectivity index (χ2n) is 2.00. The van der Waals surface area contributed by atoms with Crippen molar-refractivity contribution in [2.24, 2.45) is 0 Å². The van der Waals surface area contributed by atoms with Crippen molar-refractivity contribution in [1.29, 1.82) is 0 Å². The molecule has 1 N–H and O–H groups in total. The van der Waals surface area contributed by atoms with Crippen molar-refractivity contribution in [2.45, 2.75) is 18.8 Å². The Hall–Kier alpha value is 0.0249. The fraction of sp³-hybridized carbons (Fsp3) is 1.00. The molecular formula is C4H10BN. The third-order valence-electron chi connectivity index (χ3n) is 1.31. The Morgan fingerprint density at radius 1 is 1.67 bits per heavy atom. The molecule has 0 bridgehead atoms. The van der Waals surface area contributed by atoms with Crippen LogP contribution in [0.3, 0.4) is 0 Å². The predicted octanol–water partition coefficient (Wildman–Crippen LogP) is -0.671. The summed E-state index contributed by atoms with van der Waals surface area (Å²) < 4.78 is 0. The quantitative estimate of drug-likeness (QED) is 0.383. The molecule has 1 saturated heterocycles. The van der Waals surface area contributed by atoms with Crippen LogP contribution >= 0.6 is 0 Å². The SMILES string of the molecule is BC1CCCN1. The number of hydrogen-bond donors (Lipinski definition) is 1. The molecule has 1 rings (SSSR count). The van der Waals surface area contributed by atoms with Gasteiger partial charge in [-0.15, -0.1) is 0 Å². The van der Waals surface area contributed by atoms with E-state index in [1.807, 2.05) is 0 Å². The third kappa shape index (κ3) is 0.746. The molecule has 1 fully saturated rings. The zero-order valence-corrected chi connectivity index (χ0v) is 4.20. The van der Waals surface area contributed by atoms with Gasteiger partial charge in [0.25, 0.3) is 0 Å². The zero-order chi connectivity index (χ0) is 4.41. The molecule has 0 aromatic carbocycles. The summed E-state index contributed by atoms with van der Waals surface area (Å²) in [6.45, 7) is 1.24. The summed E-state index contributed by atoms with van der Waals surface area (Å²) in [4.78, 5) is 0. The summed E-state index contributed by atoms with van der Waals surface area (Å²) in [6, 6.07) is 0. The van der Waals surface area contributed by atoms with E-state index in [0.717, 1.165) is 5.94 Å². The molecule has 2 heteroatoms. The van der Waals surface area contributed by atoms with Crippen molar-refractivity contribution >= 4 is 7.85 Å². The molecule has 0 saturated carbocycles. The molecule has 0 amide bonds. The average Bonchev–Trinajstić information content (AvgIpc) is 1.86. The average molecular weight is 82.9 g/mol. The summed E-state index contributed by atoms with van der Waals surface area (Å²) in [6.07, 6.45) is 2.75. The topological polar surface area (TPSA) is 12.0 Å². The van der Waals surface area contributed by atoms with Crippen LogP contribution in [0.2, 0.25) is 0 Å². The Balaban J connectivity index is 2.18. The third-order valence-corrected chi connectivity index (χ3v) is 1.31. The van der Waals surface area contributed by atoms with Crippen molar-refractivity contribution < 1.29 is 0 Å². The van der Waals surface area contributed by atoms with Crippen LogP contribution in [0.1, 0.15) is 12.8 Å². The minimum atomic E-state index is 0.796. The van der Waals surface area contributed by atoms with Crippen LogP contribution in [-0.4, -0.2) is 20.3 Å². The monoisotopic (exact) mass is 83.1 g/mol. The largest absolute Gasteiger partial charge is 0.322 e. The lowest BCUT2D eigenvalue weighted by Gasteiger charge is -1.94. The van der Waals surface area contributed by atoms with E-state index < -0.39 is 0 Å². The summed E-state index contributed by atoms with van der Waals surface area (Å²) in [5.41, 5.74) is 0. The summed E-state index contributed by atoms with van der Waals surface area (Å²) in [5.74, 6) is 0.796. The molecule has 1 atom stereocenters. The Morgan fingerprint density at radius 2 is 2.50 bits per heavy atom.